The lowest BCUT2D eigenvalue weighted by atomic mass is 10.1. The molecular weight excluding hydrogens is 496 g/mol. The second-order valence-electron chi connectivity index (χ2n) is 8.30. The number of nitrogen functional groups attached to an aromatic ring is 1. The highest BCUT2D eigenvalue weighted by Crippen LogP contribution is 2.34. The van der Waals surface area contributed by atoms with Gasteiger partial charge in [-0.25, -0.2) is 0 Å². The molecule has 0 aromatic heterocycles. The lowest BCUT2D eigenvalue weighted by molar-refractivity contribution is 0.416. The quantitative estimate of drug-likeness (QED) is 0.231. The standard InChI is InChI=1S/C17H19NOS.C15H14ClN/c1-4-12-8-13(5-2)10-15(9-12)20-14-6-7-16(18)17(11-14)19-3;1-3-12-4-8-14(9-5-12)17(2)15-10-6-13(16)7-11-15/h4,6-11H,1,5,18H2,2-3H3;3-11H,1H2,2H3. The predicted molar refractivity (Wildman–Crippen MR) is 163 cm³/mol. The first-order valence-corrected chi connectivity index (χ1v) is 13.2. The zero-order valence-electron chi connectivity index (χ0n) is 21.6. The highest BCUT2D eigenvalue weighted by Gasteiger charge is 2.05. The summed E-state index contributed by atoms with van der Waals surface area (Å²) >= 11 is 7.57. The van der Waals surface area contributed by atoms with Crippen LogP contribution >= 0.6 is 23.4 Å². The van der Waals surface area contributed by atoms with Crippen molar-refractivity contribution >= 4 is 52.6 Å². The Labute approximate surface area is 230 Å². The summed E-state index contributed by atoms with van der Waals surface area (Å²) in [5, 5.41) is 0.754. The number of methoxy groups -OCH3 is 1. The molecule has 0 aliphatic heterocycles. The number of benzene rings is 4. The molecule has 0 saturated carbocycles. The smallest absolute Gasteiger partial charge is 0.142 e. The first-order valence-electron chi connectivity index (χ1n) is 12.0. The molecule has 0 saturated heterocycles. The minimum atomic E-state index is 0.658. The van der Waals surface area contributed by atoms with E-state index < -0.39 is 0 Å². The summed E-state index contributed by atoms with van der Waals surface area (Å²) in [4.78, 5) is 4.42. The van der Waals surface area contributed by atoms with Crippen LogP contribution in [0.4, 0.5) is 17.1 Å². The third-order valence-corrected chi connectivity index (χ3v) is 7.02. The molecule has 0 amide bonds. The first-order chi connectivity index (χ1) is 17.9. The first kappa shape index (κ1) is 28.0. The number of hydrogen-bond donors (Lipinski definition) is 1. The fourth-order valence-corrected chi connectivity index (χ4v) is 4.71. The fraction of sp³-hybridized carbons (Fsp3) is 0.125. The highest BCUT2D eigenvalue weighted by atomic mass is 35.5. The Hall–Kier alpha value is -3.60. The van der Waals surface area contributed by atoms with Crippen LogP contribution in [0.15, 0.2) is 108 Å². The van der Waals surface area contributed by atoms with E-state index in [1.165, 1.54) is 10.5 Å². The average molecular weight is 529 g/mol. The van der Waals surface area contributed by atoms with Gasteiger partial charge in [-0.3, -0.25) is 0 Å². The summed E-state index contributed by atoms with van der Waals surface area (Å²) in [6.45, 7) is 9.75. The van der Waals surface area contributed by atoms with Gasteiger partial charge in [-0.2, -0.15) is 0 Å². The third kappa shape index (κ3) is 7.94. The number of anilines is 3. The maximum Gasteiger partial charge on any atom is 0.142 e. The van der Waals surface area contributed by atoms with Gasteiger partial charge in [0.25, 0.3) is 0 Å². The highest BCUT2D eigenvalue weighted by molar-refractivity contribution is 7.99. The van der Waals surface area contributed by atoms with E-state index >= 15 is 0 Å². The Morgan fingerprint density at radius 2 is 1.46 bits per heavy atom. The Kier molecular flexibility index (Phi) is 10.3. The van der Waals surface area contributed by atoms with Crippen LogP contribution in [-0.4, -0.2) is 14.2 Å². The second kappa shape index (κ2) is 13.6. The number of rotatable bonds is 8. The van der Waals surface area contributed by atoms with Crippen LogP contribution < -0.4 is 15.4 Å². The molecule has 4 aromatic rings. The molecule has 37 heavy (non-hydrogen) atoms. The van der Waals surface area contributed by atoms with Gasteiger partial charge in [-0.05, 0) is 89.8 Å². The number of nitrogens with two attached hydrogens (primary N) is 1. The monoisotopic (exact) mass is 528 g/mol. The fourth-order valence-electron chi connectivity index (χ4n) is 3.61. The molecule has 0 fully saturated rings. The van der Waals surface area contributed by atoms with Crippen molar-refractivity contribution in [3.63, 3.8) is 0 Å². The van der Waals surface area contributed by atoms with Crippen molar-refractivity contribution in [2.24, 2.45) is 0 Å². The summed E-state index contributed by atoms with van der Waals surface area (Å²) in [5.41, 5.74) is 12.3. The minimum absolute atomic E-state index is 0.658. The predicted octanol–water partition coefficient (Wildman–Crippen LogP) is 9.38. The topological polar surface area (TPSA) is 38.5 Å². The Bertz CT molecular complexity index is 1330. The van der Waals surface area contributed by atoms with Crippen molar-refractivity contribution in [2.75, 3.05) is 24.8 Å². The number of hydrogen-bond acceptors (Lipinski definition) is 4. The van der Waals surface area contributed by atoms with Gasteiger partial charge in [-0.15, -0.1) is 0 Å². The number of ether oxygens (including phenoxy) is 1. The molecule has 190 valence electrons. The van der Waals surface area contributed by atoms with Crippen LogP contribution in [0.1, 0.15) is 23.6 Å². The summed E-state index contributed by atoms with van der Waals surface area (Å²) in [6, 6.07) is 28.4. The zero-order chi connectivity index (χ0) is 26.8. The molecule has 0 unspecified atom stereocenters. The van der Waals surface area contributed by atoms with E-state index in [1.54, 1.807) is 18.9 Å². The number of aryl methyl sites for hydroxylation is 1. The molecule has 5 heteroatoms. The summed E-state index contributed by atoms with van der Waals surface area (Å²) < 4.78 is 5.26. The summed E-state index contributed by atoms with van der Waals surface area (Å²) in [7, 11) is 3.67. The normalized spacial score (nSPS) is 10.2. The van der Waals surface area contributed by atoms with Crippen molar-refractivity contribution in [2.45, 2.75) is 23.1 Å². The van der Waals surface area contributed by atoms with Crippen molar-refractivity contribution in [1.29, 1.82) is 0 Å². The van der Waals surface area contributed by atoms with Crippen molar-refractivity contribution in [3.05, 3.63) is 120 Å². The van der Waals surface area contributed by atoms with Gasteiger partial charge in [-0.1, -0.05) is 73.8 Å². The zero-order valence-corrected chi connectivity index (χ0v) is 23.2. The molecule has 4 rings (SSSR count). The molecule has 0 bridgehead atoms. The lowest BCUT2D eigenvalue weighted by Gasteiger charge is -2.19. The van der Waals surface area contributed by atoms with Crippen LogP contribution in [0.25, 0.3) is 12.2 Å². The molecule has 0 aliphatic rings. The maximum atomic E-state index is 5.87. The largest absolute Gasteiger partial charge is 0.495 e. The van der Waals surface area contributed by atoms with E-state index in [2.05, 4.69) is 67.4 Å². The van der Waals surface area contributed by atoms with Crippen molar-refractivity contribution < 1.29 is 4.74 Å². The van der Waals surface area contributed by atoms with E-state index in [4.69, 9.17) is 22.1 Å². The van der Waals surface area contributed by atoms with Crippen molar-refractivity contribution in [1.82, 2.24) is 0 Å². The van der Waals surface area contributed by atoms with Crippen LogP contribution in [0.2, 0.25) is 5.02 Å². The number of halogens is 1. The molecule has 4 aromatic carbocycles. The summed E-state index contributed by atoms with van der Waals surface area (Å²) in [6.07, 6.45) is 4.74. The van der Waals surface area contributed by atoms with E-state index in [1.807, 2.05) is 61.7 Å². The van der Waals surface area contributed by atoms with E-state index in [9.17, 15) is 0 Å². The SMILES string of the molecule is C=Cc1cc(CC)cc(Sc2ccc(N)c(OC)c2)c1.C=Cc1ccc(N(C)c2ccc(Cl)cc2)cc1. The van der Waals surface area contributed by atoms with E-state index in [0.717, 1.165) is 38.8 Å². The lowest BCUT2D eigenvalue weighted by Crippen LogP contribution is -2.08. The van der Waals surface area contributed by atoms with Gasteiger partial charge in [0.2, 0.25) is 0 Å². The molecular formula is C32H33ClN2OS. The van der Waals surface area contributed by atoms with Gasteiger partial charge < -0.3 is 15.4 Å². The van der Waals surface area contributed by atoms with E-state index in [0.29, 0.717) is 11.4 Å². The average Bonchev–Trinajstić information content (AvgIpc) is 2.94. The molecule has 3 nitrogen and oxygen atoms in total. The van der Waals surface area contributed by atoms with Gasteiger partial charge in [0, 0.05) is 33.2 Å². The summed E-state index contributed by atoms with van der Waals surface area (Å²) in [5.74, 6) is 0.714. The third-order valence-electron chi connectivity index (χ3n) is 5.80. The Morgan fingerprint density at radius 1 is 0.838 bits per heavy atom. The van der Waals surface area contributed by atoms with E-state index in [-0.39, 0.29) is 0 Å². The molecule has 0 heterocycles. The van der Waals surface area contributed by atoms with Crippen molar-refractivity contribution in [3.8, 4) is 5.75 Å². The molecule has 0 radical (unpaired) electrons. The van der Waals surface area contributed by atoms with Crippen LogP contribution in [0.3, 0.4) is 0 Å². The van der Waals surface area contributed by atoms with Crippen LogP contribution in [0.5, 0.6) is 5.75 Å². The number of nitrogens with zero attached hydrogens (tertiary/aromatic N) is 1. The van der Waals surface area contributed by atoms with Crippen LogP contribution in [-0.2, 0) is 6.42 Å². The van der Waals surface area contributed by atoms with Gasteiger partial charge >= 0.3 is 0 Å². The molecule has 0 aliphatic carbocycles. The Morgan fingerprint density at radius 3 is 2.03 bits per heavy atom. The Balaban J connectivity index is 0.000000208. The molecule has 2 N–H and O–H groups in total. The minimum Gasteiger partial charge on any atom is -0.495 e. The van der Waals surface area contributed by atoms with Crippen LogP contribution in [0, 0.1) is 0 Å². The maximum absolute atomic E-state index is 5.87. The van der Waals surface area contributed by atoms with Gasteiger partial charge in [0.1, 0.15) is 5.75 Å². The molecule has 0 atom stereocenters. The second-order valence-corrected chi connectivity index (χ2v) is 9.89. The van der Waals surface area contributed by atoms with Gasteiger partial charge in [0.05, 0.1) is 12.8 Å². The molecule has 0 spiro atoms. The van der Waals surface area contributed by atoms with Gasteiger partial charge in [0.15, 0.2) is 0 Å².